The van der Waals surface area contributed by atoms with Crippen molar-refractivity contribution >= 4 is 11.8 Å². The molecule has 1 unspecified atom stereocenters. The van der Waals surface area contributed by atoms with Crippen LogP contribution in [0.25, 0.3) is 0 Å². The van der Waals surface area contributed by atoms with Gasteiger partial charge in [-0.3, -0.25) is 0 Å². The summed E-state index contributed by atoms with van der Waals surface area (Å²) in [6, 6.07) is 0. The highest BCUT2D eigenvalue weighted by atomic mass is 32.2. The van der Waals surface area contributed by atoms with Crippen molar-refractivity contribution in [3.05, 3.63) is 0 Å². The lowest BCUT2D eigenvalue weighted by atomic mass is 10.2. The van der Waals surface area contributed by atoms with Crippen molar-refractivity contribution in [2.24, 2.45) is 5.92 Å². The van der Waals surface area contributed by atoms with Crippen LogP contribution in [0.3, 0.4) is 0 Å². The van der Waals surface area contributed by atoms with Crippen molar-refractivity contribution in [2.45, 2.75) is 13.3 Å². The molecule has 72 valence electrons. The quantitative estimate of drug-likeness (QED) is 0.718. The predicted molar refractivity (Wildman–Crippen MR) is 54.6 cm³/mol. The van der Waals surface area contributed by atoms with Gasteiger partial charge in [-0.05, 0) is 24.6 Å². The molecule has 0 bridgehead atoms. The largest absolute Gasteiger partial charge is 0.396 e. The first-order chi connectivity index (χ1) is 5.83. The van der Waals surface area contributed by atoms with E-state index in [4.69, 9.17) is 5.11 Å². The molecule has 12 heavy (non-hydrogen) atoms. The molecule has 1 saturated heterocycles. The fourth-order valence-electron chi connectivity index (χ4n) is 1.48. The highest BCUT2D eigenvalue weighted by molar-refractivity contribution is 7.99. The molecule has 3 heteroatoms. The van der Waals surface area contributed by atoms with Gasteiger partial charge in [0.05, 0.1) is 0 Å². The van der Waals surface area contributed by atoms with E-state index in [9.17, 15) is 0 Å². The Hall–Kier alpha value is 0.270. The molecule has 1 fully saturated rings. The first-order valence-electron chi connectivity index (χ1n) is 4.74. The first kappa shape index (κ1) is 10.4. The Morgan fingerprint density at radius 3 is 3.00 bits per heavy atom. The fourth-order valence-corrected chi connectivity index (χ4v) is 2.40. The monoisotopic (exact) mass is 189 g/mol. The van der Waals surface area contributed by atoms with E-state index in [1.807, 2.05) is 0 Å². The highest BCUT2D eigenvalue weighted by Gasteiger charge is 2.11. The first-order valence-corrected chi connectivity index (χ1v) is 5.89. The average molecular weight is 189 g/mol. The van der Waals surface area contributed by atoms with Gasteiger partial charge in [0.1, 0.15) is 0 Å². The van der Waals surface area contributed by atoms with Gasteiger partial charge in [-0.25, -0.2) is 0 Å². The van der Waals surface area contributed by atoms with E-state index < -0.39 is 0 Å². The summed E-state index contributed by atoms with van der Waals surface area (Å²) >= 11 is 2.05. The van der Waals surface area contributed by atoms with E-state index in [0.717, 1.165) is 6.54 Å². The molecule has 0 aromatic rings. The van der Waals surface area contributed by atoms with E-state index in [0.29, 0.717) is 12.5 Å². The lowest BCUT2D eigenvalue weighted by Gasteiger charge is -2.22. The Labute approximate surface area is 79.3 Å². The lowest BCUT2D eigenvalue weighted by Crippen LogP contribution is -2.31. The SMILES string of the molecule is CC(CO)CN1CCCSCC1. The Bertz CT molecular complexity index is 113. The van der Waals surface area contributed by atoms with Crippen LogP contribution in [0.1, 0.15) is 13.3 Å². The molecule has 2 nitrogen and oxygen atoms in total. The maximum absolute atomic E-state index is 8.90. The van der Waals surface area contributed by atoms with Crippen molar-refractivity contribution in [3.8, 4) is 0 Å². The standard InChI is InChI=1S/C9H19NOS/c1-9(8-11)7-10-3-2-5-12-6-4-10/h9,11H,2-8H2,1H3. The van der Waals surface area contributed by atoms with Gasteiger partial charge < -0.3 is 10.0 Å². The minimum absolute atomic E-state index is 0.323. The number of aliphatic hydroxyl groups excluding tert-OH is 1. The average Bonchev–Trinajstić information content (AvgIpc) is 2.33. The molecule has 1 aliphatic heterocycles. The number of thioether (sulfide) groups is 1. The van der Waals surface area contributed by atoms with Crippen molar-refractivity contribution in [1.29, 1.82) is 0 Å². The van der Waals surface area contributed by atoms with Gasteiger partial charge in [0.25, 0.3) is 0 Å². The normalized spacial score (nSPS) is 23.5. The van der Waals surface area contributed by atoms with E-state index in [1.54, 1.807) is 0 Å². The second kappa shape index (κ2) is 5.84. The topological polar surface area (TPSA) is 23.5 Å². The molecule has 0 aliphatic carbocycles. The molecule has 0 aromatic heterocycles. The van der Waals surface area contributed by atoms with Crippen molar-refractivity contribution < 1.29 is 5.11 Å². The molecular formula is C9H19NOS. The van der Waals surface area contributed by atoms with Crippen LogP contribution in [0, 0.1) is 5.92 Å². The van der Waals surface area contributed by atoms with Crippen molar-refractivity contribution in [2.75, 3.05) is 37.7 Å². The van der Waals surface area contributed by atoms with Gasteiger partial charge in [0.15, 0.2) is 0 Å². The fraction of sp³-hybridized carbons (Fsp3) is 1.00. The minimum atomic E-state index is 0.323. The summed E-state index contributed by atoms with van der Waals surface area (Å²) in [5, 5.41) is 8.90. The van der Waals surface area contributed by atoms with Crippen LogP contribution in [-0.2, 0) is 0 Å². The van der Waals surface area contributed by atoms with E-state index in [2.05, 4.69) is 23.6 Å². The zero-order valence-electron chi connectivity index (χ0n) is 7.83. The Morgan fingerprint density at radius 2 is 2.25 bits per heavy atom. The molecule has 0 saturated carbocycles. The molecular weight excluding hydrogens is 170 g/mol. The Kier molecular flexibility index (Phi) is 5.04. The summed E-state index contributed by atoms with van der Waals surface area (Å²) in [7, 11) is 0. The van der Waals surface area contributed by atoms with Crippen LogP contribution < -0.4 is 0 Å². The highest BCUT2D eigenvalue weighted by Crippen LogP contribution is 2.11. The molecule has 1 heterocycles. The molecule has 1 atom stereocenters. The van der Waals surface area contributed by atoms with Gasteiger partial charge in [0, 0.05) is 25.4 Å². The summed E-state index contributed by atoms with van der Waals surface area (Å²) in [5.74, 6) is 3.01. The third-order valence-corrected chi connectivity index (χ3v) is 3.25. The van der Waals surface area contributed by atoms with Gasteiger partial charge in [-0.2, -0.15) is 11.8 Å². The van der Waals surface area contributed by atoms with Gasteiger partial charge >= 0.3 is 0 Å². The Balaban J connectivity index is 2.20. The van der Waals surface area contributed by atoms with Crippen molar-refractivity contribution in [3.63, 3.8) is 0 Å². The summed E-state index contributed by atoms with van der Waals surface area (Å²) < 4.78 is 0. The van der Waals surface area contributed by atoms with Crippen LogP contribution in [0.5, 0.6) is 0 Å². The Morgan fingerprint density at radius 1 is 1.42 bits per heavy atom. The summed E-state index contributed by atoms with van der Waals surface area (Å²) in [6.07, 6.45) is 1.31. The van der Waals surface area contributed by atoms with Crippen LogP contribution in [-0.4, -0.2) is 47.8 Å². The smallest absolute Gasteiger partial charge is 0.0468 e. The summed E-state index contributed by atoms with van der Waals surface area (Å²) in [4.78, 5) is 2.47. The molecule has 0 radical (unpaired) electrons. The van der Waals surface area contributed by atoms with E-state index in [-0.39, 0.29) is 0 Å². The van der Waals surface area contributed by atoms with Gasteiger partial charge in [0.2, 0.25) is 0 Å². The molecule has 0 aromatic carbocycles. The van der Waals surface area contributed by atoms with E-state index >= 15 is 0 Å². The second-order valence-electron chi connectivity index (χ2n) is 3.55. The number of hydrogen-bond donors (Lipinski definition) is 1. The third-order valence-electron chi connectivity index (χ3n) is 2.20. The third kappa shape index (κ3) is 3.78. The lowest BCUT2D eigenvalue weighted by molar-refractivity contribution is 0.179. The van der Waals surface area contributed by atoms with Crippen LogP contribution in [0.15, 0.2) is 0 Å². The number of aliphatic hydroxyl groups is 1. The molecule has 1 N–H and O–H groups in total. The predicted octanol–water partition coefficient (Wildman–Crippen LogP) is 1.05. The molecule has 1 rings (SSSR count). The molecule has 0 spiro atoms. The van der Waals surface area contributed by atoms with Gasteiger partial charge in [-0.15, -0.1) is 0 Å². The van der Waals surface area contributed by atoms with Crippen LogP contribution in [0.4, 0.5) is 0 Å². The van der Waals surface area contributed by atoms with Crippen LogP contribution in [0.2, 0.25) is 0 Å². The zero-order chi connectivity index (χ0) is 8.81. The zero-order valence-corrected chi connectivity index (χ0v) is 8.65. The molecule has 1 aliphatic rings. The van der Waals surface area contributed by atoms with E-state index in [1.165, 1.54) is 31.0 Å². The van der Waals surface area contributed by atoms with Crippen molar-refractivity contribution in [1.82, 2.24) is 4.90 Å². The molecule has 0 amide bonds. The number of rotatable bonds is 3. The maximum atomic E-state index is 8.90. The maximum Gasteiger partial charge on any atom is 0.0468 e. The van der Waals surface area contributed by atoms with Crippen LogP contribution >= 0.6 is 11.8 Å². The number of nitrogens with zero attached hydrogens (tertiary/aromatic N) is 1. The van der Waals surface area contributed by atoms with Gasteiger partial charge in [-0.1, -0.05) is 6.92 Å². The second-order valence-corrected chi connectivity index (χ2v) is 4.78. The minimum Gasteiger partial charge on any atom is -0.396 e. The summed E-state index contributed by atoms with van der Waals surface area (Å²) in [6.45, 7) is 5.92. The number of hydrogen-bond acceptors (Lipinski definition) is 3. The summed E-state index contributed by atoms with van der Waals surface area (Å²) in [5.41, 5.74) is 0.